The van der Waals surface area contributed by atoms with E-state index in [9.17, 15) is 4.79 Å². The molecule has 0 aliphatic heterocycles. The lowest BCUT2D eigenvalue weighted by Gasteiger charge is -2.24. The van der Waals surface area contributed by atoms with E-state index in [0.29, 0.717) is 24.5 Å². The number of benzene rings is 1. The Labute approximate surface area is 124 Å². The number of aromatic amines is 1. The molecule has 2 rings (SSSR count). The molecule has 0 radical (unpaired) electrons. The average molecular weight is 290 g/mol. The first kappa shape index (κ1) is 15.3. The molecule has 21 heavy (non-hydrogen) atoms. The molecule has 0 saturated heterocycles. The van der Waals surface area contributed by atoms with Gasteiger partial charge in [0.15, 0.2) is 5.69 Å². The first-order valence-corrected chi connectivity index (χ1v) is 6.94. The number of anilines is 1. The van der Waals surface area contributed by atoms with Crippen LogP contribution in [0.25, 0.3) is 10.9 Å². The van der Waals surface area contributed by atoms with Gasteiger partial charge in [-0.05, 0) is 30.0 Å². The Bertz CT molecular complexity index is 634. The fourth-order valence-corrected chi connectivity index (χ4v) is 2.07. The molecule has 6 heteroatoms. The van der Waals surface area contributed by atoms with Crippen molar-refractivity contribution in [3.8, 4) is 0 Å². The lowest BCUT2D eigenvalue weighted by Crippen LogP contribution is -2.34. The molecular formula is C15H22N4O2. The van der Waals surface area contributed by atoms with Crippen molar-refractivity contribution in [1.29, 1.82) is 0 Å². The molecule has 1 aromatic heterocycles. The summed E-state index contributed by atoms with van der Waals surface area (Å²) in [7, 11) is 1.68. The molecule has 1 heterocycles. The second-order valence-corrected chi connectivity index (χ2v) is 5.97. The van der Waals surface area contributed by atoms with Gasteiger partial charge in [-0.1, -0.05) is 13.8 Å². The molecule has 114 valence electrons. The first-order valence-electron chi connectivity index (χ1n) is 6.94. The van der Waals surface area contributed by atoms with Gasteiger partial charge in [-0.25, -0.2) is 0 Å². The Morgan fingerprint density at radius 1 is 1.48 bits per heavy atom. The van der Waals surface area contributed by atoms with Crippen molar-refractivity contribution in [3.63, 3.8) is 0 Å². The highest BCUT2D eigenvalue weighted by Gasteiger charge is 2.21. The minimum Gasteiger partial charge on any atom is -0.399 e. The van der Waals surface area contributed by atoms with Crippen LogP contribution in [0.2, 0.25) is 0 Å². The zero-order valence-corrected chi connectivity index (χ0v) is 12.7. The molecule has 6 nitrogen and oxygen atoms in total. The minimum absolute atomic E-state index is 0.0309. The van der Waals surface area contributed by atoms with Crippen LogP contribution in [-0.2, 0) is 4.74 Å². The van der Waals surface area contributed by atoms with Crippen LogP contribution in [0.15, 0.2) is 18.2 Å². The molecule has 1 aromatic carbocycles. The standard InChI is InChI=1S/C15H22N4O2/c1-15(2,6-7-21-3)9-17-14(20)13-11-8-10(16)4-5-12(11)18-19-13/h4-5,8H,6-7,9,16H2,1-3H3,(H,17,20)(H,18,19). The van der Waals surface area contributed by atoms with Crippen LogP contribution in [0.4, 0.5) is 5.69 Å². The zero-order valence-electron chi connectivity index (χ0n) is 12.7. The van der Waals surface area contributed by atoms with E-state index in [1.807, 2.05) is 6.07 Å². The number of nitrogens with zero attached hydrogens (tertiary/aromatic N) is 1. The van der Waals surface area contributed by atoms with Gasteiger partial charge in [0.2, 0.25) is 0 Å². The number of aromatic nitrogens is 2. The quantitative estimate of drug-likeness (QED) is 0.709. The smallest absolute Gasteiger partial charge is 0.272 e. The minimum atomic E-state index is -0.197. The van der Waals surface area contributed by atoms with Crippen molar-refractivity contribution in [1.82, 2.24) is 15.5 Å². The van der Waals surface area contributed by atoms with Crippen LogP contribution in [0, 0.1) is 5.41 Å². The summed E-state index contributed by atoms with van der Waals surface area (Å²) in [6, 6.07) is 5.34. The molecule has 0 atom stereocenters. The van der Waals surface area contributed by atoms with Gasteiger partial charge < -0.3 is 15.8 Å². The van der Waals surface area contributed by atoms with E-state index in [-0.39, 0.29) is 11.3 Å². The van der Waals surface area contributed by atoms with Gasteiger partial charge >= 0.3 is 0 Å². The van der Waals surface area contributed by atoms with Gasteiger partial charge in [0.25, 0.3) is 5.91 Å². The summed E-state index contributed by atoms with van der Waals surface area (Å²) in [6.07, 6.45) is 0.873. The predicted octanol–water partition coefficient (Wildman–Crippen LogP) is 1.94. The number of amides is 1. The maximum absolute atomic E-state index is 12.3. The zero-order chi connectivity index (χ0) is 15.5. The summed E-state index contributed by atoms with van der Waals surface area (Å²) in [5, 5.41) is 10.6. The number of fused-ring (bicyclic) bond motifs is 1. The molecule has 4 N–H and O–H groups in total. The van der Waals surface area contributed by atoms with Crippen LogP contribution in [0.3, 0.4) is 0 Å². The van der Waals surface area contributed by atoms with Gasteiger partial charge in [-0.15, -0.1) is 0 Å². The van der Waals surface area contributed by atoms with Crippen LogP contribution < -0.4 is 11.1 Å². The lowest BCUT2D eigenvalue weighted by molar-refractivity contribution is 0.0917. The molecule has 0 fully saturated rings. The van der Waals surface area contributed by atoms with Crippen molar-refractivity contribution >= 4 is 22.5 Å². The van der Waals surface area contributed by atoms with Gasteiger partial charge in [-0.2, -0.15) is 5.10 Å². The fraction of sp³-hybridized carbons (Fsp3) is 0.467. The summed E-state index contributed by atoms with van der Waals surface area (Å²) in [6.45, 7) is 5.41. The number of rotatable bonds is 6. The van der Waals surface area contributed by atoms with Gasteiger partial charge in [-0.3, -0.25) is 9.89 Å². The average Bonchev–Trinajstić information content (AvgIpc) is 2.86. The van der Waals surface area contributed by atoms with Crippen LogP contribution in [-0.4, -0.2) is 36.4 Å². The third-order valence-electron chi connectivity index (χ3n) is 3.51. The molecular weight excluding hydrogens is 268 g/mol. The van der Waals surface area contributed by atoms with Crippen molar-refractivity contribution in [3.05, 3.63) is 23.9 Å². The number of H-pyrrole nitrogens is 1. The SMILES string of the molecule is COCCC(C)(C)CNC(=O)c1n[nH]c2ccc(N)cc12. The van der Waals surface area contributed by atoms with Crippen molar-refractivity contribution < 1.29 is 9.53 Å². The van der Waals surface area contributed by atoms with Gasteiger partial charge in [0.1, 0.15) is 0 Å². The molecule has 1 amide bonds. The predicted molar refractivity (Wildman–Crippen MR) is 83.1 cm³/mol. The molecule has 0 aliphatic carbocycles. The molecule has 0 bridgehead atoms. The van der Waals surface area contributed by atoms with E-state index in [2.05, 4.69) is 29.4 Å². The second-order valence-electron chi connectivity index (χ2n) is 5.97. The highest BCUT2D eigenvalue weighted by atomic mass is 16.5. The Morgan fingerprint density at radius 3 is 2.95 bits per heavy atom. The maximum Gasteiger partial charge on any atom is 0.272 e. The Morgan fingerprint density at radius 2 is 2.24 bits per heavy atom. The van der Waals surface area contributed by atoms with Crippen LogP contribution >= 0.6 is 0 Å². The van der Waals surface area contributed by atoms with E-state index < -0.39 is 0 Å². The number of hydrogen-bond acceptors (Lipinski definition) is 4. The Hall–Kier alpha value is -2.08. The van der Waals surface area contributed by atoms with E-state index in [1.54, 1.807) is 19.2 Å². The second kappa shape index (κ2) is 6.13. The Kier molecular flexibility index (Phi) is 4.47. The first-order chi connectivity index (χ1) is 9.93. The number of carbonyl (C=O) groups is 1. The van der Waals surface area contributed by atoms with Gasteiger partial charge in [0, 0.05) is 31.3 Å². The third kappa shape index (κ3) is 3.72. The molecule has 0 unspecified atom stereocenters. The highest BCUT2D eigenvalue weighted by Crippen LogP contribution is 2.21. The number of methoxy groups -OCH3 is 1. The summed E-state index contributed by atoms with van der Waals surface area (Å²) in [4.78, 5) is 12.3. The van der Waals surface area contributed by atoms with Crippen molar-refractivity contribution in [2.75, 3.05) is 26.0 Å². The number of nitrogens with one attached hydrogen (secondary N) is 2. The molecule has 0 aliphatic rings. The Balaban J connectivity index is 2.07. The topological polar surface area (TPSA) is 93.0 Å². The summed E-state index contributed by atoms with van der Waals surface area (Å²) < 4.78 is 5.08. The number of hydrogen-bond donors (Lipinski definition) is 3. The monoisotopic (exact) mass is 290 g/mol. The third-order valence-corrected chi connectivity index (χ3v) is 3.51. The summed E-state index contributed by atoms with van der Waals surface area (Å²) in [5.74, 6) is -0.197. The van der Waals surface area contributed by atoms with Crippen LogP contribution in [0.5, 0.6) is 0 Å². The van der Waals surface area contributed by atoms with E-state index in [1.165, 1.54) is 0 Å². The van der Waals surface area contributed by atoms with Crippen LogP contribution in [0.1, 0.15) is 30.8 Å². The molecule has 0 spiro atoms. The van der Waals surface area contributed by atoms with Crippen molar-refractivity contribution in [2.45, 2.75) is 20.3 Å². The number of ether oxygens (including phenoxy) is 1. The number of nitrogens with two attached hydrogens (primary N) is 1. The van der Waals surface area contributed by atoms with Gasteiger partial charge in [0.05, 0.1) is 5.52 Å². The summed E-state index contributed by atoms with van der Waals surface area (Å²) in [5.41, 5.74) is 7.52. The van der Waals surface area contributed by atoms with E-state index >= 15 is 0 Å². The summed E-state index contributed by atoms with van der Waals surface area (Å²) >= 11 is 0. The maximum atomic E-state index is 12.3. The highest BCUT2D eigenvalue weighted by molar-refractivity contribution is 6.05. The molecule has 0 saturated carbocycles. The normalized spacial score (nSPS) is 11.8. The largest absolute Gasteiger partial charge is 0.399 e. The fourth-order valence-electron chi connectivity index (χ4n) is 2.07. The number of carbonyl (C=O) groups excluding carboxylic acids is 1. The lowest BCUT2D eigenvalue weighted by atomic mass is 9.89. The number of nitrogen functional groups attached to an aromatic ring is 1. The molecule has 2 aromatic rings. The van der Waals surface area contributed by atoms with E-state index in [4.69, 9.17) is 10.5 Å². The van der Waals surface area contributed by atoms with E-state index in [0.717, 1.165) is 17.3 Å². The van der Waals surface area contributed by atoms with Crippen molar-refractivity contribution in [2.24, 2.45) is 5.41 Å².